The average molecular weight is 452 g/mol. The van der Waals surface area contributed by atoms with Crippen LogP contribution in [0.1, 0.15) is 24.8 Å². The summed E-state index contributed by atoms with van der Waals surface area (Å²) in [6.45, 7) is 0.252. The molecule has 1 saturated carbocycles. The van der Waals surface area contributed by atoms with Crippen LogP contribution in [0.15, 0.2) is 27.8 Å². The second-order valence-electron chi connectivity index (χ2n) is 7.85. The number of hydrogen-bond acceptors (Lipinski definition) is 5. The Balaban J connectivity index is 1.75. The molecular formula is C20H23Cl2N5O3. The van der Waals surface area contributed by atoms with Crippen molar-refractivity contribution in [3.8, 4) is 0 Å². The van der Waals surface area contributed by atoms with Crippen LogP contribution in [-0.2, 0) is 20.6 Å². The number of nitrogens with one attached hydrogen (secondary N) is 1. The molecule has 1 aliphatic carbocycles. The third-order valence-electron chi connectivity index (χ3n) is 5.82. The Kier molecular flexibility index (Phi) is 5.65. The molecule has 30 heavy (non-hydrogen) atoms. The predicted molar refractivity (Wildman–Crippen MR) is 118 cm³/mol. The van der Waals surface area contributed by atoms with Crippen LogP contribution < -0.4 is 16.6 Å². The molecule has 160 valence electrons. The molecule has 0 amide bonds. The molecule has 1 aliphatic rings. The monoisotopic (exact) mass is 451 g/mol. The van der Waals surface area contributed by atoms with Gasteiger partial charge in [0.25, 0.3) is 5.56 Å². The Morgan fingerprint density at radius 3 is 2.60 bits per heavy atom. The first-order valence-corrected chi connectivity index (χ1v) is 10.5. The summed E-state index contributed by atoms with van der Waals surface area (Å²) in [5.74, 6) is 0.818. The number of aromatic nitrogens is 4. The number of halogens is 2. The van der Waals surface area contributed by atoms with Crippen molar-refractivity contribution < 1.29 is 5.11 Å². The van der Waals surface area contributed by atoms with Crippen LogP contribution in [0.3, 0.4) is 0 Å². The summed E-state index contributed by atoms with van der Waals surface area (Å²) >= 11 is 12.0. The summed E-state index contributed by atoms with van der Waals surface area (Å²) < 4.78 is 4.24. The van der Waals surface area contributed by atoms with Crippen LogP contribution in [0.5, 0.6) is 0 Å². The SMILES string of the molecule is Cn1c(NC2CCC(CO)C2)nc2c1c(=O)n(Cc1ccc(Cl)c(Cl)c1)c(=O)n2C. The van der Waals surface area contributed by atoms with E-state index in [1.807, 2.05) is 0 Å². The van der Waals surface area contributed by atoms with Gasteiger partial charge in [-0.3, -0.25) is 13.9 Å². The maximum absolute atomic E-state index is 13.2. The van der Waals surface area contributed by atoms with E-state index in [0.29, 0.717) is 32.7 Å². The summed E-state index contributed by atoms with van der Waals surface area (Å²) in [6, 6.07) is 5.19. The van der Waals surface area contributed by atoms with Gasteiger partial charge in [0.2, 0.25) is 5.95 Å². The molecule has 3 aromatic rings. The lowest BCUT2D eigenvalue weighted by molar-refractivity contribution is 0.229. The number of nitrogens with zero attached hydrogens (tertiary/aromatic N) is 4. The van der Waals surface area contributed by atoms with Gasteiger partial charge in [-0.05, 0) is 42.9 Å². The molecule has 4 rings (SSSR count). The number of fused-ring (bicyclic) bond motifs is 1. The van der Waals surface area contributed by atoms with Gasteiger partial charge in [-0.1, -0.05) is 29.3 Å². The molecule has 2 atom stereocenters. The van der Waals surface area contributed by atoms with E-state index in [0.717, 1.165) is 19.3 Å². The van der Waals surface area contributed by atoms with Crippen LogP contribution in [-0.4, -0.2) is 36.4 Å². The van der Waals surface area contributed by atoms with Gasteiger partial charge in [-0.2, -0.15) is 4.98 Å². The largest absolute Gasteiger partial charge is 0.396 e. The summed E-state index contributed by atoms with van der Waals surface area (Å²) in [6.07, 6.45) is 2.72. The second-order valence-corrected chi connectivity index (χ2v) is 8.67. The number of rotatable bonds is 5. The van der Waals surface area contributed by atoms with E-state index in [-0.39, 0.29) is 25.1 Å². The normalized spacial score (nSPS) is 19.0. The topological polar surface area (TPSA) is 94.1 Å². The van der Waals surface area contributed by atoms with Crippen molar-refractivity contribution in [3.63, 3.8) is 0 Å². The molecule has 10 heteroatoms. The Labute approximate surface area is 182 Å². The number of benzene rings is 1. The van der Waals surface area contributed by atoms with Crippen LogP contribution in [0.2, 0.25) is 10.0 Å². The molecule has 8 nitrogen and oxygen atoms in total. The number of hydrogen-bond donors (Lipinski definition) is 2. The highest BCUT2D eigenvalue weighted by Gasteiger charge is 2.26. The fraction of sp³-hybridized carbons (Fsp3) is 0.450. The molecule has 1 fully saturated rings. The zero-order chi connectivity index (χ0) is 21.6. The van der Waals surface area contributed by atoms with E-state index in [9.17, 15) is 14.7 Å². The van der Waals surface area contributed by atoms with E-state index in [1.54, 1.807) is 36.9 Å². The van der Waals surface area contributed by atoms with Gasteiger partial charge in [0.05, 0.1) is 16.6 Å². The van der Waals surface area contributed by atoms with Crippen LogP contribution >= 0.6 is 23.2 Å². The standard InChI is InChI=1S/C20H23Cl2N5O3/c1-25-16-17(24-19(25)23-13-5-3-12(7-13)10-28)26(2)20(30)27(18(16)29)9-11-4-6-14(21)15(22)8-11/h4,6,8,12-13,28H,3,5,7,9-10H2,1-2H3,(H,23,24). The maximum Gasteiger partial charge on any atom is 0.332 e. The first kappa shape index (κ1) is 21.0. The Bertz CT molecular complexity index is 1230. The molecule has 0 aliphatic heterocycles. The lowest BCUT2D eigenvalue weighted by atomic mass is 10.1. The third-order valence-corrected chi connectivity index (χ3v) is 6.56. The van der Waals surface area contributed by atoms with Crippen molar-refractivity contribution in [1.82, 2.24) is 18.7 Å². The summed E-state index contributed by atoms with van der Waals surface area (Å²) in [5, 5.41) is 13.5. The first-order valence-electron chi connectivity index (χ1n) is 9.77. The fourth-order valence-corrected chi connectivity index (χ4v) is 4.41. The molecule has 0 saturated heterocycles. The van der Waals surface area contributed by atoms with E-state index < -0.39 is 11.2 Å². The molecule has 2 unspecified atom stereocenters. The molecule has 0 bridgehead atoms. The van der Waals surface area contributed by atoms with E-state index in [4.69, 9.17) is 23.2 Å². The summed E-state index contributed by atoms with van der Waals surface area (Å²) in [4.78, 5) is 30.6. The minimum Gasteiger partial charge on any atom is -0.396 e. The maximum atomic E-state index is 13.2. The smallest absolute Gasteiger partial charge is 0.332 e. The summed E-state index contributed by atoms with van der Waals surface area (Å²) in [5.41, 5.74) is 0.504. The van der Waals surface area contributed by atoms with Gasteiger partial charge >= 0.3 is 5.69 Å². The van der Waals surface area contributed by atoms with Gasteiger partial charge in [0.1, 0.15) is 0 Å². The van der Waals surface area contributed by atoms with E-state index >= 15 is 0 Å². The first-order chi connectivity index (χ1) is 14.3. The van der Waals surface area contributed by atoms with Gasteiger partial charge in [-0.25, -0.2) is 4.79 Å². The van der Waals surface area contributed by atoms with Crippen molar-refractivity contribution in [2.24, 2.45) is 20.0 Å². The highest BCUT2D eigenvalue weighted by atomic mass is 35.5. The van der Waals surface area contributed by atoms with Crippen molar-refractivity contribution in [2.75, 3.05) is 11.9 Å². The van der Waals surface area contributed by atoms with E-state index in [1.165, 1.54) is 9.13 Å². The number of aliphatic hydroxyl groups excluding tert-OH is 1. The lowest BCUT2D eigenvalue weighted by Gasteiger charge is -2.13. The Morgan fingerprint density at radius 2 is 1.93 bits per heavy atom. The quantitative estimate of drug-likeness (QED) is 0.620. The average Bonchev–Trinajstić information content (AvgIpc) is 3.31. The van der Waals surface area contributed by atoms with Crippen molar-refractivity contribution in [3.05, 3.63) is 54.6 Å². The lowest BCUT2D eigenvalue weighted by Crippen LogP contribution is -2.39. The van der Waals surface area contributed by atoms with Crippen molar-refractivity contribution in [2.45, 2.75) is 31.8 Å². The van der Waals surface area contributed by atoms with Crippen molar-refractivity contribution >= 4 is 40.3 Å². The van der Waals surface area contributed by atoms with Crippen LogP contribution in [0, 0.1) is 5.92 Å². The van der Waals surface area contributed by atoms with Gasteiger partial charge in [0.15, 0.2) is 11.2 Å². The third kappa shape index (κ3) is 3.64. The van der Waals surface area contributed by atoms with Gasteiger partial charge in [-0.15, -0.1) is 0 Å². The zero-order valence-electron chi connectivity index (χ0n) is 16.7. The Morgan fingerprint density at radius 1 is 1.17 bits per heavy atom. The minimum absolute atomic E-state index is 0.0765. The molecule has 2 aromatic heterocycles. The van der Waals surface area contributed by atoms with Crippen molar-refractivity contribution in [1.29, 1.82) is 0 Å². The number of anilines is 1. The molecule has 0 spiro atoms. The highest BCUT2D eigenvalue weighted by Crippen LogP contribution is 2.28. The van der Waals surface area contributed by atoms with Crippen LogP contribution in [0.25, 0.3) is 11.2 Å². The molecular weight excluding hydrogens is 429 g/mol. The molecule has 0 radical (unpaired) electrons. The molecule has 2 heterocycles. The molecule has 2 N–H and O–H groups in total. The highest BCUT2D eigenvalue weighted by molar-refractivity contribution is 6.42. The van der Waals surface area contributed by atoms with E-state index in [2.05, 4.69) is 10.3 Å². The number of imidazole rings is 1. The minimum atomic E-state index is -0.454. The fourth-order valence-electron chi connectivity index (χ4n) is 4.09. The van der Waals surface area contributed by atoms with Gasteiger partial charge < -0.3 is 15.0 Å². The number of aliphatic hydroxyl groups is 1. The second kappa shape index (κ2) is 8.09. The summed E-state index contributed by atoms with van der Waals surface area (Å²) in [7, 11) is 3.36. The van der Waals surface area contributed by atoms with Gasteiger partial charge in [0, 0.05) is 26.7 Å². The predicted octanol–water partition coefficient (Wildman–Crippen LogP) is 2.36. The van der Waals surface area contributed by atoms with Crippen LogP contribution in [0.4, 0.5) is 5.95 Å². The molecule has 1 aromatic carbocycles. The number of aryl methyl sites for hydroxylation is 2. The zero-order valence-corrected chi connectivity index (χ0v) is 18.2. The Hall–Kier alpha value is -2.29.